The number of amides is 2. The summed E-state index contributed by atoms with van der Waals surface area (Å²) in [7, 11) is 0. The summed E-state index contributed by atoms with van der Waals surface area (Å²) in [6, 6.07) is 5.38. The Bertz CT molecular complexity index is 1140. The number of nitrogens with zero attached hydrogens (tertiary/aromatic N) is 1. The highest BCUT2D eigenvalue weighted by atomic mass is 19.3. The van der Waals surface area contributed by atoms with Crippen LogP contribution in [0.1, 0.15) is 26.3 Å². The first-order chi connectivity index (χ1) is 17.0. The molecule has 2 aliphatic rings. The van der Waals surface area contributed by atoms with Gasteiger partial charge in [0.1, 0.15) is 23.6 Å². The maximum Gasteiger partial charge on any atom is 0.404 e. The summed E-state index contributed by atoms with van der Waals surface area (Å²) >= 11 is 0. The summed E-state index contributed by atoms with van der Waals surface area (Å²) in [5.74, 6) is -8.98. The Balaban J connectivity index is 0.00000380. The topological polar surface area (TPSA) is 72.6 Å². The van der Waals surface area contributed by atoms with Crippen LogP contribution in [-0.2, 0) is 16.0 Å². The van der Waals surface area contributed by atoms with Gasteiger partial charge in [-0.15, -0.1) is 0 Å². The van der Waals surface area contributed by atoms with Crippen LogP contribution in [0.2, 0.25) is 0 Å². The van der Waals surface area contributed by atoms with Crippen molar-refractivity contribution in [2.75, 3.05) is 13.2 Å². The van der Waals surface area contributed by atoms with Crippen LogP contribution in [0.25, 0.3) is 11.1 Å². The SMILES string of the molecule is NC(=O)OCCC1[C@H](Cc2cccc(-c3cc(F)cc(F)c3)c2F)N(C(=O)C2CC(F)C2)CC1(F)F.[HH]. The smallest absolute Gasteiger partial charge is 0.404 e. The predicted octanol–water partition coefficient (Wildman–Crippen LogP) is 5.26. The zero-order chi connectivity index (χ0) is 26.2. The first-order valence-corrected chi connectivity index (χ1v) is 11.4. The molecule has 1 heterocycles. The lowest BCUT2D eigenvalue weighted by Crippen LogP contribution is -2.46. The number of carbonyl (C=O) groups excluding carboxylic acids is 2. The Labute approximate surface area is 204 Å². The van der Waals surface area contributed by atoms with Crippen molar-refractivity contribution >= 4 is 12.0 Å². The third kappa shape index (κ3) is 5.29. The molecule has 4 rings (SSSR count). The van der Waals surface area contributed by atoms with E-state index in [-0.39, 0.29) is 43.8 Å². The van der Waals surface area contributed by atoms with E-state index in [4.69, 9.17) is 5.73 Å². The Morgan fingerprint density at radius 3 is 2.39 bits per heavy atom. The number of hydrogen-bond acceptors (Lipinski definition) is 3. The van der Waals surface area contributed by atoms with Crippen LogP contribution in [0.5, 0.6) is 0 Å². The Morgan fingerprint density at radius 2 is 1.78 bits per heavy atom. The summed E-state index contributed by atoms with van der Waals surface area (Å²) in [6.07, 6.45) is -3.16. The van der Waals surface area contributed by atoms with E-state index >= 15 is 13.2 Å². The maximum atomic E-state index is 15.5. The Morgan fingerprint density at radius 1 is 1.11 bits per heavy atom. The molecule has 0 radical (unpaired) electrons. The molecule has 196 valence electrons. The van der Waals surface area contributed by atoms with E-state index in [0.29, 0.717) is 6.07 Å². The maximum absolute atomic E-state index is 15.5. The third-order valence-electron chi connectivity index (χ3n) is 6.86. The number of alkyl halides is 3. The third-order valence-corrected chi connectivity index (χ3v) is 6.86. The normalized spacial score (nSPS) is 24.9. The van der Waals surface area contributed by atoms with E-state index in [1.54, 1.807) is 0 Å². The monoisotopic (exact) mass is 516 g/mol. The number of halogens is 6. The van der Waals surface area contributed by atoms with Gasteiger partial charge in [-0.3, -0.25) is 4.79 Å². The first kappa shape index (κ1) is 25.8. The average molecular weight is 516 g/mol. The fourth-order valence-electron chi connectivity index (χ4n) is 5.02. The largest absolute Gasteiger partial charge is 0.450 e. The number of rotatable bonds is 7. The zero-order valence-corrected chi connectivity index (χ0v) is 19.0. The van der Waals surface area contributed by atoms with Crippen LogP contribution in [0.15, 0.2) is 36.4 Å². The molecule has 2 N–H and O–H groups in total. The second kappa shape index (κ2) is 10.0. The minimum atomic E-state index is -3.39. The van der Waals surface area contributed by atoms with Gasteiger partial charge in [-0.1, -0.05) is 18.2 Å². The molecule has 0 spiro atoms. The molecule has 36 heavy (non-hydrogen) atoms. The molecule has 1 saturated carbocycles. The molecule has 0 bridgehead atoms. The van der Waals surface area contributed by atoms with Gasteiger partial charge in [0, 0.05) is 30.9 Å². The standard InChI is InChI=1S/C25H24F6N2O3.H2/c26-16-8-15(9-16)23(34)33-12-25(30,31)20(4-5-36-24(32)35)21(33)10-13-2-1-3-19(22(13)29)14-6-17(27)11-18(28)7-14;/h1-3,6-7,11,15-16,20-21H,4-5,8-10,12H2,(H2,32,35);1H/t15?,16?,20?,21-;/m0./s1. The summed E-state index contributed by atoms with van der Waals surface area (Å²) < 4.78 is 91.0. The van der Waals surface area contributed by atoms with Gasteiger partial charge in [-0.25, -0.2) is 31.1 Å². The van der Waals surface area contributed by atoms with Crippen LogP contribution >= 0.6 is 0 Å². The Hall–Kier alpha value is -3.24. The van der Waals surface area contributed by atoms with Gasteiger partial charge in [0.05, 0.1) is 13.2 Å². The minimum Gasteiger partial charge on any atom is -0.450 e. The zero-order valence-electron chi connectivity index (χ0n) is 19.0. The quantitative estimate of drug-likeness (QED) is 0.511. The number of nitrogens with two attached hydrogens (primary N) is 1. The fourth-order valence-corrected chi connectivity index (χ4v) is 5.02. The molecule has 2 fully saturated rings. The molecule has 2 aromatic rings. The molecular weight excluding hydrogens is 490 g/mol. The number of ether oxygens (including phenoxy) is 1. The van der Waals surface area contributed by atoms with Crippen molar-refractivity contribution in [2.24, 2.45) is 17.6 Å². The number of hydrogen-bond donors (Lipinski definition) is 1. The molecular formula is C25H26F6N2O3. The highest BCUT2D eigenvalue weighted by Crippen LogP contribution is 2.44. The van der Waals surface area contributed by atoms with Gasteiger partial charge >= 0.3 is 6.09 Å². The molecule has 1 unspecified atom stereocenters. The number of benzene rings is 2. The molecule has 1 saturated heterocycles. The highest BCUT2D eigenvalue weighted by molar-refractivity contribution is 5.81. The van der Waals surface area contributed by atoms with Crippen LogP contribution < -0.4 is 5.73 Å². The molecule has 5 nitrogen and oxygen atoms in total. The fraction of sp³-hybridized carbons (Fsp3) is 0.440. The van der Waals surface area contributed by atoms with Gasteiger partial charge in [-0.2, -0.15) is 0 Å². The van der Waals surface area contributed by atoms with Gasteiger partial charge in [0.25, 0.3) is 5.92 Å². The molecule has 11 heteroatoms. The number of likely N-dealkylation sites (tertiary alicyclic amines) is 1. The van der Waals surface area contributed by atoms with Gasteiger partial charge < -0.3 is 15.4 Å². The van der Waals surface area contributed by atoms with E-state index < -0.39 is 72.6 Å². The number of primary amides is 1. The van der Waals surface area contributed by atoms with Crippen molar-refractivity contribution in [2.45, 2.75) is 43.8 Å². The summed E-state index contributed by atoms with van der Waals surface area (Å²) in [5, 5.41) is 0. The molecule has 1 aliphatic carbocycles. The summed E-state index contributed by atoms with van der Waals surface area (Å²) in [4.78, 5) is 24.9. The van der Waals surface area contributed by atoms with Crippen LogP contribution in [0.4, 0.5) is 31.1 Å². The van der Waals surface area contributed by atoms with Gasteiger partial charge in [-0.05, 0) is 48.9 Å². The molecule has 2 amide bonds. The average Bonchev–Trinajstić information content (AvgIpc) is 3.01. The Kier molecular flexibility index (Phi) is 7.19. The predicted molar refractivity (Wildman–Crippen MR) is 119 cm³/mol. The number of carbonyl (C=O) groups is 2. The first-order valence-electron chi connectivity index (χ1n) is 11.4. The van der Waals surface area contributed by atoms with Crippen molar-refractivity contribution in [3.63, 3.8) is 0 Å². The lowest BCUT2D eigenvalue weighted by atomic mass is 9.82. The van der Waals surface area contributed by atoms with E-state index in [0.717, 1.165) is 17.0 Å². The van der Waals surface area contributed by atoms with Crippen molar-refractivity contribution in [3.05, 3.63) is 59.4 Å². The molecule has 2 atom stereocenters. The summed E-state index contributed by atoms with van der Waals surface area (Å²) in [6.45, 7) is -1.38. The van der Waals surface area contributed by atoms with E-state index in [9.17, 15) is 22.8 Å². The van der Waals surface area contributed by atoms with E-state index in [2.05, 4.69) is 4.74 Å². The van der Waals surface area contributed by atoms with Crippen molar-refractivity contribution in [1.82, 2.24) is 4.90 Å². The van der Waals surface area contributed by atoms with Crippen molar-refractivity contribution in [1.29, 1.82) is 0 Å². The second-order valence-electron chi connectivity index (χ2n) is 9.26. The lowest BCUT2D eigenvalue weighted by molar-refractivity contribution is -0.142. The molecule has 1 aliphatic heterocycles. The van der Waals surface area contributed by atoms with E-state index in [1.807, 2.05) is 0 Å². The van der Waals surface area contributed by atoms with Crippen LogP contribution in [-0.4, -0.2) is 48.2 Å². The molecule has 0 aromatic heterocycles. The lowest BCUT2D eigenvalue weighted by Gasteiger charge is -2.35. The van der Waals surface area contributed by atoms with Crippen molar-refractivity contribution in [3.8, 4) is 11.1 Å². The highest BCUT2D eigenvalue weighted by Gasteiger charge is 2.56. The summed E-state index contributed by atoms with van der Waals surface area (Å²) in [5.41, 5.74) is 4.66. The van der Waals surface area contributed by atoms with Crippen LogP contribution in [0, 0.1) is 29.3 Å². The minimum absolute atomic E-state index is 0. The van der Waals surface area contributed by atoms with Gasteiger partial charge in [0.15, 0.2) is 0 Å². The van der Waals surface area contributed by atoms with Gasteiger partial charge in [0.2, 0.25) is 5.91 Å². The molecule has 2 aromatic carbocycles. The van der Waals surface area contributed by atoms with Crippen LogP contribution in [0.3, 0.4) is 0 Å². The second-order valence-corrected chi connectivity index (χ2v) is 9.26. The van der Waals surface area contributed by atoms with Crippen molar-refractivity contribution < 1.29 is 42.1 Å². The van der Waals surface area contributed by atoms with E-state index in [1.165, 1.54) is 18.2 Å².